The maximum Gasteiger partial charge on any atom is 0.416 e. The largest absolute Gasteiger partial charge is 0.416 e. The zero-order chi connectivity index (χ0) is 14.9. The maximum atomic E-state index is 13.0. The quantitative estimate of drug-likeness (QED) is 0.776. The van der Waals surface area contributed by atoms with Crippen molar-refractivity contribution in [2.24, 2.45) is 0 Å². The Morgan fingerprint density at radius 1 is 1.25 bits per heavy atom. The second kappa shape index (κ2) is 5.59. The maximum absolute atomic E-state index is 13.0. The molecule has 20 heavy (non-hydrogen) atoms. The van der Waals surface area contributed by atoms with Crippen LogP contribution in [0, 0.1) is 0 Å². The molecule has 1 heterocycles. The van der Waals surface area contributed by atoms with E-state index in [1.165, 1.54) is 6.07 Å². The molecule has 2 rings (SSSR count). The molecule has 0 aromatic heterocycles. The minimum atomic E-state index is -4.43. The van der Waals surface area contributed by atoms with Gasteiger partial charge in [0, 0.05) is 25.3 Å². The van der Waals surface area contributed by atoms with Crippen LogP contribution in [0.2, 0.25) is 0 Å². The fraction of sp³-hybridized carbons (Fsp3) is 0.538. The van der Waals surface area contributed by atoms with Gasteiger partial charge in [0.2, 0.25) is 0 Å². The van der Waals surface area contributed by atoms with Crippen molar-refractivity contribution in [2.45, 2.75) is 24.9 Å². The number of nitrogens with zero attached hydrogens (tertiary/aromatic N) is 1. The Hall–Kier alpha value is -1.31. The molecule has 1 aromatic carbocycles. The molecule has 0 spiro atoms. The van der Waals surface area contributed by atoms with Crippen LogP contribution in [0.3, 0.4) is 0 Å². The summed E-state index contributed by atoms with van der Waals surface area (Å²) in [5.74, 6) is 0. The van der Waals surface area contributed by atoms with Gasteiger partial charge in [-0.15, -0.1) is 0 Å². The molecule has 7 heteroatoms. The van der Waals surface area contributed by atoms with Gasteiger partial charge in [-0.3, -0.25) is 0 Å². The van der Waals surface area contributed by atoms with Crippen LogP contribution in [0.1, 0.15) is 11.1 Å². The van der Waals surface area contributed by atoms with Gasteiger partial charge in [-0.25, -0.2) is 0 Å². The number of alkyl halides is 3. The first-order chi connectivity index (χ1) is 9.32. The number of β-amino-alcohol motifs (C(OH)–C–C–N with tert-alkyl or cyclic N) is 2. The molecule has 2 unspecified atom stereocenters. The van der Waals surface area contributed by atoms with Crippen molar-refractivity contribution in [3.05, 3.63) is 29.3 Å². The summed E-state index contributed by atoms with van der Waals surface area (Å²) in [6.45, 7) is 0.383. The van der Waals surface area contributed by atoms with E-state index in [9.17, 15) is 23.4 Å². The van der Waals surface area contributed by atoms with Crippen LogP contribution < -0.4 is 10.2 Å². The second-order valence-corrected chi connectivity index (χ2v) is 4.91. The van der Waals surface area contributed by atoms with Gasteiger partial charge in [-0.05, 0) is 24.7 Å². The molecule has 0 bridgehead atoms. The van der Waals surface area contributed by atoms with Crippen LogP contribution in [0.5, 0.6) is 0 Å². The predicted molar refractivity (Wildman–Crippen MR) is 68.4 cm³/mol. The number of halogens is 3. The molecular formula is C13H17F3N2O2. The second-order valence-electron chi connectivity index (χ2n) is 4.91. The summed E-state index contributed by atoms with van der Waals surface area (Å²) in [5, 5.41) is 21.7. The van der Waals surface area contributed by atoms with E-state index >= 15 is 0 Å². The van der Waals surface area contributed by atoms with E-state index in [1.54, 1.807) is 18.0 Å². The lowest BCUT2D eigenvalue weighted by Gasteiger charge is -2.21. The molecule has 0 radical (unpaired) electrons. The van der Waals surface area contributed by atoms with E-state index in [1.807, 2.05) is 0 Å². The Bertz CT molecular complexity index is 469. The average Bonchev–Trinajstić information content (AvgIpc) is 2.69. The zero-order valence-electron chi connectivity index (χ0n) is 11.0. The summed E-state index contributed by atoms with van der Waals surface area (Å²) in [4.78, 5) is 1.55. The molecular weight excluding hydrogens is 273 g/mol. The van der Waals surface area contributed by atoms with E-state index in [0.717, 1.165) is 6.07 Å². The van der Waals surface area contributed by atoms with Crippen molar-refractivity contribution in [3.63, 3.8) is 0 Å². The number of nitrogens with one attached hydrogen (secondary N) is 1. The fourth-order valence-electron chi connectivity index (χ4n) is 2.35. The minimum Gasteiger partial charge on any atom is -0.389 e. The lowest BCUT2D eigenvalue weighted by molar-refractivity contribution is -0.138. The minimum absolute atomic E-state index is 0.125. The Morgan fingerprint density at radius 3 is 2.35 bits per heavy atom. The van der Waals surface area contributed by atoms with E-state index in [0.29, 0.717) is 5.69 Å². The van der Waals surface area contributed by atoms with Gasteiger partial charge in [0.05, 0.1) is 17.8 Å². The SMILES string of the molecule is CNCc1ccc(N2CC(O)C(O)C2)cc1C(F)(F)F. The summed E-state index contributed by atoms with van der Waals surface area (Å²) >= 11 is 0. The molecule has 1 saturated heterocycles. The lowest BCUT2D eigenvalue weighted by Crippen LogP contribution is -2.22. The van der Waals surface area contributed by atoms with Crippen LogP contribution in [0.25, 0.3) is 0 Å². The fourth-order valence-corrected chi connectivity index (χ4v) is 2.35. The monoisotopic (exact) mass is 290 g/mol. The molecule has 0 aliphatic carbocycles. The lowest BCUT2D eigenvalue weighted by atomic mass is 10.1. The third-order valence-corrected chi connectivity index (χ3v) is 3.39. The topological polar surface area (TPSA) is 55.7 Å². The number of benzene rings is 1. The van der Waals surface area contributed by atoms with Crippen LogP contribution >= 0.6 is 0 Å². The van der Waals surface area contributed by atoms with Crippen LogP contribution in [-0.4, -0.2) is 42.6 Å². The van der Waals surface area contributed by atoms with Crippen molar-refractivity contribution in [1.82, 2.24) is 5.32 Å². The molecule has 3 N–H and O–H groups in total. The highest BCUT2D eigenvalue weighted by Crippen LogP contribution is 2.35. The summed E-state index contributed by atoms with van der Waals surface area (Å²) in [7, 11) is 1.58. The Morgan fingerprint density at radius 2 is 1.85 bits per heavy atom. The Labute approximate surface area is 114 Å². The van der Waals surface area contributed by atoms with Gasteiger partial charge < -0.3 is 20.4 Å². The normalized spacial score (nSPS) is 23.4. The number of aliphatic hydroxyl groups excluding tert-OH is 2. The molecule has 0 saturated carbocycles. The molecule has 1 aromatic rings. The number of anilines is 1. The van der Waals surface area contributed by atoms with Crippen molar-refractivity contribution in [1.29, 1.82) is 0 Å². The molecule has 4 nitrogen and oxygen atoms in total. The third-order valence-electron chi connectivity index (χ3n) is 3.39. The first-order valence-corrected chi connectivity index (χ1v) is 6.28. The molecule has 1 aliphatic rings. The van der Waals surface area contributed by atoms with Crippen molar-refractivity contribution < 1.29 is 23.4 Å². The predicted octanol–water partition coefficient (Wildman–Crippen LogP) is 0.967. The number of aliphatic hydroxyl groups is 2. The smallest absolute Gasteiger partial charge is 0.389 e. The average molecular weight is 290 g/mol. The van der Waals surface area contributed by atoms with Crippen molar-refractivity contribution >= 4 is 5.69 Å². The van der Waals surface area contributed by atoms with Gasteiger partial charge in [-0.1, -0.05) is 6.07 Å². The molecule has 112 valence electrons. The van der Waals surface area contributed by atoms with Crippen LogP contribution in [0.15, 0.2) is 18.2 Å². The molecule has 2 atom stereocenters. The molecule has 1 aliphatic heterocycles. The van der Waals surface area contributed by atoms with Gasteiger partial charge in [0.15, 0.2) is 0 Å². The standard InChI is InChI=1S/C13H17F3N2O2/c1-17-5-8-2-3-9(4-10(8)13(14,15)16)18-6-11(19)12(20)7-18/h2-4,11-12,17,19-20H,5-7H2,1H3. The van der Waals surface area contributed by atoms with E-state index in [-0.39, 0.29) is 25.2 Å². The highest BCUT2D eigenvalue weighted by molar-refractivity contribution is 5.53. The molecule has 1 fully saturated rings. The molecule has 0 amide bonds. The van der Waals surface area contributed by atoms with Crippen LogP contribution in [0.4, 0.5) is 18.9 Å². The number of hydrogen-bond acceptors (Lipinski definition) is 4. The number of rotatable bonds is 3. The first kappa shape index (κ1) is 15.1. The van der Waals surface area contributed by atoms with Gasteiger partial charge in [0.1, 0.15) is 0 Å². The van der Waals surface area contributed by atoms with E-state index in [2.05, 4.69) is 5.32 Å². The van der Waals surface area contributed by atoms with Crippen LogP contribution in [-0.2, 0) is 12.7 Å². The van der Waals surface area contributed by atoms with Crippen molar-refractivity contribution in [3.8, 4) is 0 Å². The summed E-state index contributed by atoms with van der Waals surface area (Å²) < 4.78 is 39.1. The summed E-state index contributed by atoms with van der Waals surface area (Å²) in [6, 6.07) is 4.07. The van der Waals surface area contributed by atoms with Gasteiger partial charge >= 0.3 is 6.18 Å². The van der Waals surface area contributed by atoms with Crippen molar-refractivity contribution in [2.75, 3.05) is 25.0 Å². The number of hydrogen-bond donors (Lipinski definition) is 3. The highest BCUT2D eigenvalue weighted by atomic mass is 19.4. The summed E-state index contributed by atoms with van der Waals surface area (Å²) in [6.07, 6.45) is -6.29. The Kier molecular flexibility index (Phi) is 4.22. The van der Waals surface area contributed by atoms with E-state index in [4.69, 9.17) is 0 Å². The van der Waals surface area contributed by atoms with Gasteiger partial charge in [0.25, 0.3) is 0 Å². The first-order valence-electron chi connectivity index (χ1n) is 6.28. The zero-order valence-corrected chi connectivity index (χ0v) is 11.0. The van der Waals surface area contributed by atoms with E-state index < -0.39 is 23.9 Å². The Balaban J connectivity index is 2.33. The summed E-state index contributed by atoms with van der Waals surface area (Å²) in [5.41, 5.74) is -0.169. The highest BCUT2D eigenvalue weighted by Gasteiger charge is 2.35. The van der Waals surface area contributed by atoms with Gasteiger partial charge in [-0.2, -0.15) is 13.2 Å². The third kappa shape index (κ3) is 3.05.